The second-order valence-corrected chi connectivity index (χ2v) is 21.6. The van der Waals surface area contributed by atoms with Crippen LogP contribution in [0.1, 0.15) is 33.6 Å². The quantitative estimate of drug-likeness (QED) is 0.0475. The molecule has 12 unspecified atom stereocenters. The predicted octanol–water partition coefficient (Wildman–Crippen LogP) is -12.3. The molecule has 4 aliphatic heterocycles. The first-order valence-corrected chi connectivity index (χ1v) is 26.5. The van der Waals surface area contributed by atoms with E-state index >= 15 is 0 Å². The number of alkyl carbamates (subject to hydrolysis) is 1. The van der Waals surface area contributed by atoms with E-state index in [4.69, 9.17) is 57.8 Å². The van der Waals surface area contributed by atoms with Gasteiger partial charge in [-0.2, -0.15) is 0 Å². The number of aliphatic hydroxyl groups excluding tert-OH is 20. The number of hydrogen-bond acceptors (Lipinski definition) is 33. The van der Waals surface area contributed by atoms with Crippen molar-refractivity contribution in [3.8, 4) is 0 Å². The Morgan fingerprint density at radius 2 is 0.753 bits per heavy atom. The van der Waals surface area contributed by atoms with E-state index in [9.17, 15) is 107 Å². The summed E-state index contributed by atoms with van der Waals surface area (Å²) < 4.78 is 60.4. The van der Waals surface area contributed by atoms with Crippen LogP contribution in [0.3, 0.4) is 0 Å². The summed E-state index contributed by atoms with van der Waals surface area (Å²) in [7, 11) is 0. The molecule has 0 aromatic heterocycles. The molecule has 6 aliphatic rings. The summed E-state index contributed by atoms with van der Waals surface area (Å²) in [6, 6.07) is 0. The van der Waals surface area contributed by atoms with Gasteiger partial charge in [-0.05, 0) is 33.6 Å². The highest BCUT2D eigenvalue weighted by molar-refractivity contribution is 5.67. The van der Waals surface area contributed by atoms with E-state index in [1.807, 2.05) is 0 Å². The number of nitrogens with two attached hydrogens (primary N) is 1. The van der Waals surface area contributed by atoms with E-state index < -0.39 is 235 Å². The van der Waals surface area contributed by atoms with Crippen molar-refractivity contribution >= 4 is 6.09 Å². The fourth-order valence-electron chi connectivity index (χ4n) is 10.1. The highest BCUT2D eigenvalue weighted by Gasteiger charge is 2.56. The van der Waals surface area contributed by atoms with E-state index in [-0.39, 0.29) is 39.1 Å². The summed E-state index contributed by atoms with van der Waals surface area (Å²) in [5.74, 6) is -1.71. The van der Waals surface area contributed by atoms with Crippen molar-refractivity contribution < 1.29 is 159 Å². The Hall–Kier alpha value is -1.97. The van der Waals surface area contributed by atoms with Crippen LogP contribution in [0.5, 0.6) is 0 Å². The third-order valence-corrected chi connectivity index (χ3v) is 14.6. The topological polar surface area (TPSA) is 561 Å². The molecule has 34 nitrogen and oxygen atoms in total. The van der Waals surface area contributed by atoms with Crippen molar-refractivity contribution in [2.24, 2.45) is 17.6 Å². The third-order valence-electron chi connectivity index (χ3n) is 14.6. The van der Waals surface area contributed by atoms with E-state index in [1.54, 1.807) is 20.8 Å². The van der Waals surface area contributed by atoms with Crippen LogP contribution in [0.2, 0.25) is 0 Å². The van der Waals surface area contributed by atoms with Crippen LogP contribution >= 0.6 is 0 Å². The number of aliphatic hydroxyl groups is 20. The van der Waals surface area contributed by atoms with Gasteiger partial charge in [0.05, 0.1) is 64.1 Å². The first-order chi connectivity index (χ1) is 38.2. The van der Waals surface area contributed by atoms with Gasteiger partial charge in [-0.25, -0.2) is 4.79 Å². The number of nitrogens with one attached hydrogen (secondary N) is 1. The number of hydrogen-bond donors (Lipinski definition) is 22. The molecule has 2 aliphatic carbocycles. The smallest absolute Gasteiger partial charge is 0.407 e. The van der Waals surface area contributed by atoms with Gasteiger partial charge in [0.2, 0.25) is 0 Å². The average molecular weight is 1190 g/mol. The second-order valence-electron chi connectivity index (χ2n) is 21.6. The standard InChI is InChI=1S/C26H47NO17.C21H39NO15/c1-26(2,3)44-25(38)27-4-5-39-23-19(36)17(34)22(13(9-30)41-23)43-24-20(37)18(35)21(12(8-29)42-24)40-11-6-10(7-28)14(31)16(33)15(11)32;22-1-2-33-20-16(31)14(29)19(10(6-25)35-20)37-21-17(32)15(30)18(9(5-24)36-21)34-8-3-7(4-23)11(26)13(28)12(8)27/h10-24,28-37H,4-9H2,1-3H3,(H,27,38);7-21,23-32H,1-6,22H2/t10?,11-,12?,13-,14-,15?,16-,17?,18+,19?,20?,21-,22+,23+,24-;7?,8-,9?,10-,11-,12?,13-,14?,15+,16?,17?,18-,19+,20+,21-/m00/s1. The minimum absolute atomic E-state index is 0.000931. The zero-order valence-corrected chi connectivity index (χ0v) is 44.7. The summed E-state index contributed by atoms with van der Waals surface area (Å²) in [5.41, 5.74) is 4.64. The molecule has 4 heterocycles. The first-order valence-electron chi connectivity index (χ1n) is 26.5. The molecular formula is C47H86N2O32. The lowest BCUT2D eigenvalue weighted by Crippen LogP contribution is -2.66. The largest absolute Gasteiger partial charge is 0.444 e. The number of rotatable bonds is 21. The van der Waals surface area contributed by atoms with Gasteiger partial charge in [-0.1, -0.05) is 0 Å². The highest BCUT2D eigenvalue weighted by atomic mass is 16.8. The van der Waals surface area contributed by atoms with Gasteiger partial charge < -0.3 is 165 Å². The van der Waals surface area contributed by atoms with Crippen LogP contribution in [0.15, 0.2) is 0 Å². The molecule has 476 valence electrons. The molecule has 6 fully saturated rings. The van der Waals surface area contributed by atoms with Gasteiger partial charge in [0.25, 0.3) is 0 Å². The molecule has 0 spiro atoms. The molecule has 0 radical (unpaired) electrons. The maximum atomic E-state index is 11.8. The van der Waals surface area contributed by atoms with Gasteiger partial charge >= 0.3 is 6.09 Å². The summed E-state index contributed by atoms with van der Waals surface area (Å²) in [6.07, 6.45) is -44.3. The molecule has 0 aromatic carbocycles. The molecular weight excluding hydrogens is 1100 g/mol. The molecule has 4 saturated heterocycles. The number of carbonyl (C=O) groups excluding carboxylic acids is 1. The van der Waals surface area contributed by atoms with E-state index in [0.717, 1.165) is 0 Å². The summed E-state index contributed by atoms with van der Waals surface area (Å²) in [5, 5.41) is 207. The van der Waals surface area contributed by atoms with E-state index in [0.29, 0.717) is 0 Å². The SMILES string of the molecule is CC(C)(C)OC(=O)NCCO[C@@H]1O[C@@H](CO)[C@@H](O[C@@H]2OC(CO)[C@H](O[C@H]3CC(CO)[C@H](O)[C@H](O)C3O)[C@H](O)C2O)C(O)C1O.NCCO[C@@H]1O[C@@H](CO)[C@@H](O[C@@H]2OC(CO)[C@H](O[C@H]3CC(CO)[C@H](O)[C@H](O)C3O)[C@H](O)C2O)C(O)C1O. The summed E-state index contributed by atoms with van der Waals surface area (Å²) in [6.45, 7) is 0.953. The van der Waals surface area contributed by atoms with Crippen LogP contribution in [-0.2, 0) is 52.1 Å². The highest BCUT2D eigenvalue weighted by Crippen LogP contribution is 2.37. The van der Waals surface area contributed by atoms with E-state index in [2.05, 4.69) is 5.32 Å². The monoisotopic (exact) mass is 1190 g/mol. The summed E-state index contributed by atoms with van der Waals surface area (Å²) >= 11 is 0. The minimum Gasteiger partial charge on any atom is -0.444 e. The van der Waals surface area contributed by atoms with Gasteiger partial charge in [0.15, 0.2) is 25.2 Å². The first kappa shape index (κ1) is 69.8. The lowest BCUT2D eigenvalue weighted by atomic mass is 9.81. The fourth-order valence-corrected chi connectivity index (χ4v) is 10.1. The van der Waals surface area contributed by atoms with Gasteiger partial charge in [-0.3, -0.25) is 0 Å². The molecule has 0 bridgehead atoms. The molecule has 30 atom stereocenters. The van der Waals surface area contributed by atoms with Gasteiger partial charge in [0.1, 0.15) is 128 Å². The lowest BCUT2D eigenvalue weighted by molar-refractivity contribution is -0.365. The van der Waals surface area contributed by atoms with Gasteiger partial charge in [0, 0.05) is 38.1 Å². The fraction of sp³-hybridized carbons (Fsp3) is 0.979. The molecule has 23 N–H and O–H groups in total. The van der Waals surface area contributed by atoms with Crippen LogP contribution in [0.4, 0.5) is 4.79 Å². The van der Waals surface area contributed by atoms with Crippen molar-refractivity contribution in [1.82, 2.24) is 5.32 Å². The molecule has 34 heteroatoms. The second kappa shape index (κ2) is 31.6. The lowest BCUT2D eigenvalue weighted by Gasteiger charge is -2.48. The van der Waals surface area contributed by atoms with Crippen LogP contribution in [-0.4, -0.2) is 351 Å². The zero-order chi connectivity index (χ0) is 60.4. The number of carbonyl (C=O) groups is 1. The van der Waals surface area contributed by atoms with Crippen molar-refractivity contribution in [2.75, 3.05) is 65.9 Å². The predicted molar refractivity (Wildman–Crippen MR) is 260 cm³/mol. The van der Waals surface area contributed by atoms with E-state index in [1.165, 1.54) is 0 Å². The Labute approximate surface area is 464 Å². The van der Waals surface area contributed by atoms with Crippen molar-refractivity contribution in [1.29, 1.82) is 0 Å². The molecule has 2 saturated carbocycles. The van der Waals surface area contributed by atoms with Crippen LogP contribution in [0, 0.1) is 11.8 Å². The Balaban J connectivity index is 0.000000302. The molecule has 1 amide bonds. The Kier molecular flexibility index (Phi) is 27.2. The summed E-state index contributed by atoms with van der Waals surface area (Å²) in [4.78, 5) is 11.8. The zero-order valence-electron chi connectivity index (χ0n) is 44.7. The number of ether oxygens (including phenoxy) is 11. The normalized spacial score (nSPS) is 46.1. The average Bonchev–Trinajstić information content (AvgIpc) is 3.53. The van der Waals surface area contributed by atoms with Crippen molar-refractivity contribution in [3.05, 3.63) is 0 Å². The Bertz CT molecular complexity index is 1820. The molecule has 81 heavy (non-hydrogen) atoms. The Morgan fingerprint density at radius 1 is 0.432 bits per heavy atom. The minimum atomic E-state index is -1.88. The molecule has 0 aromatic rings. The van der Waals surface area contributed by atoms with Crippen LogP contribution < -0.4 is 11.1 Å². The maximum Gasteiger partial charge on any atom is 0.407 e. The Morgan fingerprint density at radius 3 is 1.07 bits per heavy atom. The third kappa shape index (κ3) is 17.2. The molecule has 6 rings (SSSR count). The number of amides is 1. The van der Waals surface area contributed by atoms with Crippen LogP contribution in [0.25, 0.3) is 0 Å². The van der Waals surface area contributed by atoms with Crippen molar-refractivity contribution in [3.63, 3.8) is 0 Å². The van der Waals surface area contributed by atoms with Gasteiger partial charge in [-0.15, -0.1) is 0 Å². The van der Waals surface area contributed by atoms with Crippen molar-refractivity contribution in [2.45, 2.75) is 211 Å². The maximum absolute atomic E-state index is 11.8.